The van der Waals surface area contributed by atoms with Crippen LogP contribution in [0.1, 0.15) is 13.8 Å². The van der Waals surface area contributed by atoms with Gasteiger partial charge in [-0.05, 0) is 24.3 Å². The minimum atomic E-state index is -1.36. The van der Waals surface area contributed by atoms with Crippen LogP contribution in [-0.2, 0) is 19.1 Å². The van der Waals surface area contributed by atoms with Crippen molar-refractivity contribution in [3.05, 3.63) is 66.7 Å². The topological polar surface area (TPSA) is 125 Å². The lowest BCUT2D eigenvalue weighted by Gasteiger charge is -2.31. The van der Waals surface area contributed by atoms with Crippen LogP contribution in [-0.4, -0.2) is 34.8 Å². The molecule has 0 spiro atoms. The van der Waals surface area contributed by atoms with Gasteiger partial charge in [0.1, 0.15) is 11.6 Å². The Morgan fingerprint density at radius 3 is 2.38 bits per heavy atom. The van der Waals surface area contributed by atoms with Crippen LogP contribution in [0.5, 0.6) is 5.75 Å². The SMILES string of the molecule is COc1cc(NC(Nc2cccnc2)=C2C(=O)OC(C)(C)OC2=O)ccc1-c1cnco1. The summed E-state index contributed by atoms with van der Waals surface area (Å²) in [4.78, 5) is 33.3. The fourth-order valence-corrected chi connectivity index (χ4v) is 3.06. The van der Waals surface area contributed by atoms with E-state index in [0.29, 0.717) is 28.4 Å². The van der Waals surface area contributed by atoms with Crippen molar-refractivity contribution >= 4 is 23.3 Å². The summed E-state index contributed by atoms with van der Waals surface area (Å²) in [6, 6.07) is 8.61. The third-order valence-corrected chi connectivity index (χ3v) is 4.43. The number of benzene rings is 1. The van der Waals surface area contributed by atoms with E-state index < -0.39 is 17.7 Å². The number of ether oxygens (including phenoxy) is 3. The zero-order chi connectivity index (χ0) is 22.7. The van der Waals surface area contributed by atoms with Crippen LogP contribution >= 0.6 is 0 Å². The molecule has 1 aromatic carbocycles. The first-order valence-electron chi connectivity index (χ1n) is 9.58. The van der Waals surface area contributed by atoms with Gasteiger partial charge in [0.05, 0.1) is 30.8 Å². The lowest BCUT2D eigenvalue weighted by atomic mass is 10.1. The molecule has 0 aliphatic carbocycles. The van der Waals surface area contributed by atoms with Crippen molar-refractivity contribution in [1.29, 1.82) is 0 Å². The molecule has 3 heterocycles. The molecule has 0 bridgehead atoms. The molecule has 32 heavy (non-hydrogen) atoms. The number of rotatable bonds is 6. The van der Waals surface area contributed by atoms with E-state index >= 15 is 0 Å². The van der Waals surface area contributed by atoms with E-state index in [1.54, 1.807) is 48.9 Å². The van der Waals surface area contributed by atoms with Crippen LogP contribution in [0.4, 0.5) is 11.4 Å². The lowest BCUT2D eigenvalue weighted by molar-refractivity contribution is -0.222. The Hall–Kier alpha value is -4.34. The van der Waals surface area contributed by atoms with Gasteiger partial charge in [-0.15, -0.1) is 0 Å². The van der Waals surface area contributed by atoms with Crippen molar-refractivity contribution in [2.45, 2.75) is 19.6 Å². The fourth-order valence-electron chi connectivity index (χ4n) is 3.06. The zero-order valence-electron chi connectivity index (χ0n) is 17.5. The Morgan fingerprint density at radius 2 is 1.75 bits per heavy atom. The van der Waals surface area contributed by atoms with E-state index in [-0.39, 0.29) is 11.4 Å². The number of oxazole rings is 1. The quantitative estimate of drug-likeness (QED) is 0.338. The molecule has 10 heteroatoms. The number of hydrogen-bond donors (Lipinski definition) is 2. The number of carbonyl (C=O) groups is 2. The van der Waals surface area contributed by atoms with E-state index in [1.165, 1.54) is 27.4 Å². The van der Waals surface area contributed by atoms with E-state index in [4.69, 9.17) is 18.6 Å². The first kappa shape index (κ1) is 20.9. The average molecular weight is 436 g/mol. The van der Waals surface area contributed by atoms with Gasteiger partial charge in [-0.1, -0.05) is 0 Å². The van der Waals surface area contributed by atoms with Gasteiger partial charge in [0.2, 0.25) is 0 Å². The van der Waals surface area contributed by atoms with Crippen LogP contribution < -0.4 is 15.4 Å². The average Bonchev–Trinajstić information content (AvgIpc) is 3.27. The van der Waals surface area contributed by atoms with Crippen molar-refractivity contribution in [3.8, 4) is 17.1 Å². The maximum Gasteiger partial charge on any atom is 0.352 e. The third-order valence-electron chi connectivity index (χ3n) is 4.43. The highest BCUT2D eigenvalue weighted by atomic mass is 16.7. The summed E-state index contributed by atoms with van der Waals surface area (Å²) in [7, 11) is 1.52. The van der Waals surface area contributed by atoms with Gasteiger partial charge in [-0.25, -0.2) is 14.6 Å². The van der Waals surface area contributed by atoms with E-state index in [0.717, 1.165) is 0 Å². The number of cyclic esters (lactones) is 2. The monoisotopic (exact) mass is 436 g/mol. The standard InChI is InChI=1S/C22H20N4O6/c1-22(2)31-20(27)18(21(28)32-22)19(26-14-5-4-8-23-10-14)25-13-6-7-15(16(9-13)29-3)17-11-24-12-30-17/h4-12,25-26H,1-3H3. The molecular weight excluding hydrogens is 416 g/mol. The Labute approximate surface area is 183 Å². The summed E-state index contributed by atoms with van der Waals surface area (Å²) < 4.78 is 21.3. The highest BCUT2D eigenvalue weighted by molar-refractivity contribution is 6.16. The number of carbonyl (C=O) groups excluding carboxylic acids is 2. The number of nitrogens with one attached hydrogen (secondary N) is 2. The Morgan fingerprint density at radius 1 is 1.00 bits per heavy atom. The number of esters is 2. The van der Waals surface area contributed by atoms with Crippen LogP contribution in [0, 0.1) is 0 Å². The molecule has 1 fully saturated rings. The van der Waals surface area contributed by atoms with E-state index in [1.807, 2.05) is 0 Å². The first-order valence-corrected chi connectivity index (χ1v) is 9.58. The minimum absolute atomic E-state index is 0.0676. The molecule has 0 unspecified atom stereocenters. The van der Waals surface area contributed by atoms with Crippen molar-refractivity contribution < 1.29 is 28.2 Å². The molecule has 164 valence electrons. The number of hydrogen-bond acceptors (Lipinski definition) is 10. The number of nitrogens with zero attached hydrogens (tertiary/aromatic N) is 2. The van der Waals surface area contributed by atoms with E-state index in [2.05, 4.69) is 20.6 Å². The van der Waals surface area contributed by atoms with E-state index in [9.17, 15) is 9.59 Å². The van der Waals surface area contributed by atoms with Crippen LogP contribution in [0.2, 0.25) is 0 Å². The van der Waals surface area contributed by atoms with Crippen LogP contribution in [0.3, 0.4) is 0 Å². The number of pyridine rings is 1. The fraction of sp³-hybridized carbons (Fsp3) is 0.182. The predicted molar refractivity (Wildman–Crippen MR) is 113 cm³/mol. The second-order valence-electron chi connectivity index (χ2n) is 7.20. The summed E-state index contributed by atoms with van der Waals surface area (Å²) >= 11 is 0. The smallest absolute Gasteiger partial charge is 0.352 e. The molecule has 1 saturated heterocycles. The molecule has 0 atom stereocenters. The summed E-state index contributed by atoms with van der Waals surface area (Å²) in [6.07, 6.45) is 6.03. The molecule has 2 aromatic heterocycles. The zero-order valence-corrected chi connectivity index (χ0v) is 17.5. The highest BCUT2D eigenvalue weighted by Gasteiger charge is 2.41. The van der Waals surface area contributed by atoms with Gasteiger partial charge < -0.3 is 29.3 Å². The van der Waals surface area contributed by atoms with Crippen LogP contribution in [0.15, 0.2) is 71.1 Å². The van der Waals surface area contributed by atoms with Gasteiger partial charge in [-0.2, -0.15) is 0 Å². The molecule has 4 rings (SSSR count). The summed E-state index contributed by atoms with van der Waals surface area (Å²) in [5.74, 6) is -1.92. The third kappa shape index (κ3) is 4.38. The van der Waals surface area contributed by atoms with Crippen molar-refractivity contribution in [3.63, 3.8) is 0 Å². The maximum atomic E-state index is 12.7. The Kier molecular flexibility index (Phi) is 5.50. The lowest BCUT2D eigenvalue weighted by Crippen LogP contribution is -2.43. The molecule has 10 nitrogen and oxygen atoms in total. The maximum absolute atomic E-state index is 12.7. The largest absolute Gasteiger partial charge is 0.496 e. The number of aromatic nitrogens is 2. The van der Waals surface area contributed by atoms with Gasteiger partial charge in [0.15, 0.2) is 17.7 Å². The highest BCUT2D eigenvalue weighted by Crippen LogP contribution is 2.33. The van der Waals surface area contributed by atoms with Crippen molar-refractivity contribution in [2.24, 2.45) is 0 Å². The van der Waals surface area contributed by atoms with Crippen molar-refractivity contribution in [1.82, 2.24) is 9.97 Å². The summed E-state index contributed by atoms with van der Waals surface area (Å²) in [5.41, 5.74) is 1.43. The summed E-state index contributed by atoms with van der Waals surface area (Å²) in [5, 5.41) is 6.05. The number of anilines is 2. The molecule has 0 saturated carbocycles. The number of methoxy groups -OCH3 is 1. The second-order valence-corrected chi connectivity index (χ2v) is 7.20. The predicted octanol–water partition coefficient (Wildman–Crippen LogP) is 3.32. The Balaban J connectivity index is 1.73. The Bertz CT molecular complexity index is 1150. The van der Waals surface area contributed by atoms with Gasteiger partial charge in [0, 0.05) is 31.8 Å². The molecule has 3 aromatic rings. The molecule has 1 aliphatic rings. The summed E-state index contributed by atoms with van der Waals surface area (Å²) in [6.45, 7) is 2.96. The molecular formula is C22H20N4O6. The van der Waals surface area contributed by atoms with Gasteiger partial charge in [0.25, 0.3) is 5.79 Å². The van der Waals surface area contributed by atoms with Gasteiger partial charge >= 0.3 is 11.9 Å². The first-order chi connectivity index (χ1) is 15.4. The van der Waals surface area contributed by atoms with Crippen molar-refractivity contribution in [2.75, 3.05) is 17.7 Å². The normalized spacial score (nSPS) is 14.9. The van der Waals surface area contributed by atoms with Gasteiger partial charge in [-0.3, -0.25) is 4.98 Å². The molecule has 0 amide bonds. The minimum Gasteiger partial charge on any atom is -0.496 e. The molecule has 1 aliphatic heterocycles. The van der Waals surface area contributed by atoms with Crippen LogP contribution in [0.25, 0.3) is 11.3 Å². The second kappa shape index (κ2) is 8.42. The molecule has 0 radical (unpaired) electrons. The molecule has 2 N–H and O–H groups in total.